The monoisotopic (exact) mass is 417 g/mol. The quantitative estimate of drug-likeness (QED) is 0.643. The van der Waals surface area contributed by atoms with E-state index in [1.807, 2.05) is 50.8 Å². The molecule has 0 bridgehead atoms. The van der Waals surface area contributed by atoms with Gasteiger partial charge in [0.25, 0.3) is 5.91 Å². The largest absolute Gasteiger partial charge is 0.338 e. The maximum Gasteiger partial charge on any atom is 0.259 e. The van der Waals surface area contributed by atoms with Gasteiger partial charge in [-0.15, -0.1) is 0 Å². The highest BCUT2D eigenvalue weighted by atomic mass is 16.2. The molecule has 4 heterocycles. The average Bonchev–Trinajstić information content (AvgIpc) is 3.50. The number of carbonyl (C=O) groups excluding carboxylic acids is 1. The van der Waals surface area contributed by atoms with Crippen molar-refractivity contribution in [2.45, 2.75) is 45.1 Å². The van der Waals surface area contributed by atoms with Crippen molar-refractivity contribution in [3.05, 3.63) is 66.1 Å². The first-order chi connectivity index (χ1) is 15.2. The Balaban J connectivity index is 1.38. The second-order valence-corrected chi connectivity index (χ2v) is 8.84. The van der Waals surface area contributed by atoms with Gasteiger partial charge in [0.1, 0.15) is 5.56 Å². The fraction of sp³-hybridized carbons (Fsp3) is 0.440. The van der Waals surface area contributed by atoms with Crippen LogP contribution < -0.4 is 0 Å². The van der Waals surface area contributed by atoms with Gasteiger partial charge in [-0.1, -0.05) is 24.1 Å². The van der Waals surface area contributed by atoms with Crippen LogP contribution >= 0.6 is 0 Å². The fourth-order valence-electron chi connectivity index (χ4n) is 4.98. The van der Waals surface area contributed by atoms with Gasteiger partial charge >= 0.3 is 0 Å². The third kappa shape index (κ3) is 4.04. The number of hydrogen-bond acceptors (Lipinski definition) is 3. The molecule has 2 fully saturated rings. The van der Waals surface area contributed by atoms with Crippen molar-refractivity contribution in [1.82, 2.24) is 24.1 Å². The van der Waals surface area contributed by atoms with Gasteiger partial charge in [0, 0.05) is 31.5 Å². The highest BCUT2D eigenvalue weighted by Crippen LogP contribution is 2.25. The molecule has 3 aromatic rings. The molecule has 162 valence electrons. The minimum absolute atomic E-state index is 0.0826. The van der Waals surface area contributed by atoms with Gasteiger partial charge in [-0.3, -0.25) is 4.79 Å². The molecular weight excluding hydrogens is 386 g/mol. The maximum atomic E-state index is 13.5. The van der Waals surface area contributed by atoms with Gasteiger partial charge in [0.05, 0.1) is 11.9 Å². The minimum Gasteiger partial charge on any atom is -0.338 e. The molecule has 2 saturated heterocycles. The van der Waals surface area contributed by atoms with Gasteiger partial charge in [0.2, 0.25) is 0 Å². The summed E-state index contributed by atoms with van der Waals surface area (Å²) in [6.07, 6.45) is 11.8. The lowest BCUT2D eigenvalue weighted by molar-refractivity contribution is 0.0590. The number of aromatic nitrogens is 3. The molecule has 2 aliphatic rings. The lowest BCUT2D eigenvalue weighted by Crippen LogP contribution is -2.48. The number of nitrogens with zero attached hydrogens (tertiary/aromatic N) is 5. The molecule has 6 nitrogen and oxygen atoms in total. The van der Waals surface area contributed by atoms with Crippen molar-refractivity contribution in [1.29, 1.82) is 0 Å². The number of rotatable bonds is 4. The summed E-state index contributed by atoms with van der Waals surface area (Å²) in [6, 6.07) is 12.8. The van der Waals surface area contributed by atoms with Crippen molar-refractivity contribution in [2.24, 2.45) is 0 Å². The average molecular weight is 418 g/mol. The third-order valence-electron chi connectivity index (χ3n) is 6.76. The number of likely N-dealkylation sites (tertiary alicyclic amines) is 2. The van der Waals surface area contributed by atoms with E-state index in [9.17, 15) is 4.79 Å². The van der Waals surface area contributed by atoms with Crippen molar-refractivity contribution in [2.75, 3.05) is 26.2 Å². The predicted octanol–water partition coefficient (Wildman–Crippen LogP) is 4.06. The Morgan fingerprint density at radius 1 is 0.935 bits per heavy atom. The van der Waals surface area contributed by atoms with Crippen LogP contribution in [0.4, 0.5) is 0 Å². The van der Waals surface area contributed by atoms with Crippen LogP contribution in [0.5, 0.6) is 0 Å². The molecule has 6 heteroatoms. The summed E-state index contributed by atoms with van der Waals surface area (Å²) in [5.41, 5.74) is 2.82. The number of benzene rings is 1. The van der Waals surface area contributed by atoms with E-state index in [2.05, 4.69) is 29.1 Å². The summed E-state index contributed by atoms with van der Waals surface area (Å²) in [4.78, 5) is 18.2. The predicted molar refractivity (Wildman–Crippen MR) is 122 cm³/mol. The van der Waals surface area contributed by atoms with Crippen LogP contribution in [-0.4, -0.2) is 62.3 Å². The van der Waals surface area contributed by atoms with E-state index in [-0.39, 0.29) is 5.91 Å². The van der Waals surface area contributed by atoms with Gasteiger partial charge in [-0.05, 0) is 70.0 Å². The summed E-state index contributed by atoms with van der Waals surface area (Å²) < 4.78 is 3.85. The highest BCUT2D eigenvalue weighted by Gasteiger charge is 2.30. The number of piperidine rings is 2. The Kier molecular flexibility index (Phi) is 5.64. The first-order valence-corrected chi connectivity index (χ1v) is 11.5. The summed E-state index contributed by atoms with van der Waals surface area (Å²) in [6.45, 7) is 6.16. The lowest BCUT2D eigenvalue weighted by Gasteiger charge is -2.40. The molecule has 0 radical (unpaired) electrons. The molecule has 0 N–H and O–H groups in total. The molecule has 0 unspecified atom stereocenters. The van der Waals surface area contributed by atoms with Crippen LogP contribution in [0, 0.1) is 6.92 Å². The van der Waals surface area contributed by atoms with E-state index in [4.69, 9.17) is 0 Å². The second-order valence-electron chi connectivity index (χ2n) is 8.84. The molecule has 31 heavy (non-hydrogen) atoms. The van der Waals surface area contributed by atoms with Crippen LogP contribution in [-0.2, 0) is 0 Å². The topological polar surface area (TPSA) is 46.3 Å². The zero-order valence-corrected chi connectivity index (χ0v) is 18.3. The first kappa shape index (κ1) is 20.1. The molecule has 1 amide bonds. The van der Waals surface area contributed by atoms with Gasteiger partial charge in [-0.2, -0.15) is 5.10 Å². The molecular formula is C25H31N5O. The SMILES string of the molecule is Cc1ccc(-n2ncc(C(=O)N3CCC(N4CCCCC4)CC3)c2-n2cccc2)cc1. The summed E-state index contributed by atoms with van der Waals surface area (Å²) in [5.74, 6) is 0.885. The number of hydrogen-bond donors (Lipinski definition) is 0. The van der Waals surface area contributed by atoms with Gasteiger partial charge in [0.15, 0.2) is 5.82 Å². The number of carbonyl (C=O) groups is 1. The Hall–Kier alpha value is -2.86. The standard InChI is InChI=1S/C25H31N5O/c1-20-7-9-22(10-8-20)30-24(28-15-5-6-16-28)23(19-26-30)25(31)29-17-11-21(12-18-29)27-13-3-2-4-14-27/h5-10,15-16,19,21H,2-4,11-14,17-18H2,1H3. The van der Waals surface area contributed by atoms with E-state index in [1.165, 1.54) is 37.9 Å². The Morgan fingerprint density at radius 3 is 2.29 bits per heavy atom. The normalized spacial score (nSPS) is 18.4. The number of aryl methyl sites for hydroxylation is 1. The number of amides is 1. The molecule has 0 aliphatic carbocycles. The second kappa shape index (κ2) is 8.71. The van der Waals surface area contributed by atoms with Crippen molar-refractivity contribution >= 4 is 5.91 Å². The van der Waals surface area contributed by atoms with Crippen LogP contribution in [0.25, 0.3) is 11.5 Å². The van der Waals surface area contributed by atoms with E-state index in [0.29, 0.717) is 11.6 Å². The summed E-state index contributed by atoms with van der Waals surface area (Å²) >= 11 is 0. The smallest absolute Gasteiger partial charge is 0.259 e. The van der Waals surface area contributed by atoms with Crippen molar-refractivity contribution in [3.63, 3.8) is 0 Å². The molecule has 2 aromatic heterocycles. The molecule has 0 spiro atoms. The fourth-order valence-corrected chi connectivity index (χ4v) is 4.98. The summed E-state index contributed by atoms with van der Waals surface area (Å²) in [5, 5.41) is 4.62. The van der Waals surface area contributed by atoms with Crippen LogP contribution in [0.3, 0.4) is 0 Å². The Bertz CT molecular complexity index is 1010. The van der Waals surface area contributed by atoms with Crippen LogP contribution in [0.1, 0.15) is 48.0 Å². The summed E-state index contributed by atoms with van der Waals surface area (Å²) in [7, 11) is 0. The van der Waals surface area contributed by atoms with Crippen molar-refractivity contribution in [3.8, 4) is 11.5 Å². The maximum absolute atomic E-state index is 13.5. The molecule has 0 atom stereocenters. The third-order valence-corrected chi connectivity index (χ3v) is 6.76. The molecule has 0 saturated carbocycles. The first-order valence-electron chi connectivity index (χ1n) is 11.5. The van der Waals surface area contributed by atoms with E-state index < -0.39 is 0 Å². The molecule has 1 aromatic carbocycles. The van der Waals surface area contributed by atoms with Gasteiger partial charge < -0.3 is 14.4 Å². The molecule has 2 aliphatic heterocycles. The highest BCUT2D eigenvalue weighted by molar-refractivity contribution is 5.97. The van der Waals surface area contributed by atoms with E-state index in [1.54, 1.807) is 6.20 Å². The van der Waals surface area contributed by atoms with Crippen LogP contribution in [0.2, 0.25) is 0 Å². The van der Waals surface area contributed by atoms with Crippen molar-refractivity contribution < 1.29 is 4.79 Å². The zero-order valence-electron chi connectivity index (χ0n) is 18.3. The lowest BCUT2D eigenvalue weighted by atomic mass is 9.99. The minimum atomic E-state index is 0.0826. The van der Waals surface area contributed by atoms with E-state index >= 15 is 0 Å². The molecule has 5 rings (SSSR count). The Labute approximate surface area is 184 Å². The van der Waals surface area contributed by atoms with E-state index in [0.717, 1.165) is 37.4 Å². The van der Waals surface area contributed by atoms with Crippen LogP contribution in [0.15, 0.2) is 55.0 Å². The zero-order chi connectivity index (χ0) is 21.2. The Morgan fingerprint density at radius 2 is 1.61 bits per heavy atom. The van der Waals surface area contributed by atoms with Gasteiger partial charge in [-0.25, -0.2) is 4.68 Å².